The van der Waals surface area contributed by atoms with E-state index in [1.54, 1.807) is 0 Å². The van der Waals surface area contributed by atoms with E-state index in [0.717, 1.165) is 11.4 Å². The summed E-state index contributed by atoms with van der Waals surface area (Å²) in [5.41, 5.74) is 11.4. The summed E-state index contributed by atoms with van der Waals surface area (Å²) in [4.78, 5) is 2.42. The van der Waals surface area contributed by atoms with E-state index < -0.39 is 0 Å². The summed E-state index contributed by atoms with van der Waals surface area (Å²) < 4.78 is 0. The number of anilines is 3. The third-order valence-corrected chi connectivity index (χ3v) is 10.0. The molecule has 0 heterocycles. The van der Waals surface area contributed by atoms with Crippen LogP contribution in [-0.4, -0.2) is 0 Å². The SMILES string of the molecule is CC1(C)c2ccccc2-c2c1ccc1c2ccc2ccc(N(c3ccc(-c4ccccc4)cc3)c3cccc4ccccc34)cc21. The molecule has 0 saturated heterocycles. The average molecular weight is 588 g/mol. The lowest BCUT2D eigenvalue weighted by molar-refractivity contribution is 0.661. The van der Waals surface area contributed by atoms with Gasteiger partial charge in [0.25, 0.3) is 0 Å². The molecular weight excluding hydrogens is 555 g/mol. The molecule has 9 rings (SSSR count). The monoisotopic (exact) mass is 587 g/mol. The molecule has 8 aromatic carbocycles. The summed E-state index contributed by atoms with van der Waals surface area (Å²) in [5.74, 6) is 0. The Morgan fingerprint density at radius 3 is 1.93 bits per heavy atom. The first-order chi connectivity index (χ1) is 22.6. The molecule has 0 N–H and O–H groups in total. The van der Waals surface area contributed by atoms with Crippen molar-refractivity contribution in [3.05, 3.63) is 175 Å². The maximum atomic E-state index is 2.42. The molecule has 0 aliphatic heterocycles. The van der Waals surface area contributed by atoms with Crippen molar-refractivity contribution >= 4 is 49.4 Å². The van der Waals surface area contributed by atoms with Crippen molar-refractivity contribution in [1.29, 1.82) is 0 Å². The summed E-state index contributed by atoms with van der Waals surface area (Å²) in [6, 6.07) is 60.1. The van der Waals surface area contributed by atoms with Crippen LogP contribution in [0.4, 0.5) is 17.1 Å². The van der Waals surface area contributed by atoms with E-state index in [0.29, 0.717) is 0 Å². The molecule has 0 fully saturated rings. The Bertz CT molecular complexity index is 2430. The van der Waals surface area contributed by atoms with Gasteiger partial charge in [-0.1, -0.05) is 147 Å². The van der Waals surface area contributed by atoms with E-state index in [1.165, 1.54) is 71.4 Å². The Morgan fingerprint density at radius 2 is 1.07 bits per heavy atom. The number of hydrogen-bond acceptors (Lipinski definition) is 1. The minimum absolute atomic E-state index is 0.0198. The fraction of sp³-hybridized carbons (Fsp3) is 0.0667. The Labute approximate surface area is 270 Å². The van der Waals surface area contributed by atoms with Crippen LogP contribution in [0.25, 0.3) is 54.6 Å². The Hall–Kier alpha value is -5.66. The van der Waals surface area contributed by atoms with Gasteiger partial charge in [-0.3, -0.25) is 0 Å². The molecule has 0 saturated carbocycles. The largest absolute Gasteiger partial charge is 0.310 e. The summed E-state index contributed by atoms with van der Waals surface area (Å²) in [5, 5.41) is 7.60. The third-order valence-electron chi connectivity index (χ3n) is 10.0. The van der Waals surface area contributed by atoms with E-state index in [4.69, 9.17) is 0 Å². The minimum Gasteiger partial charge on any atom is -0.310 e. The predicted molar refractivity (Wildman–Crippen MR) is 197 cm³/mol. The third kappa shape index (κ3) is 4.02. The van der Waals surface area contributed by atoms with Crippen LogP contribution in [0.15, 0.2) is 164 Å². The van der Waals surface area contributed by atoms with Crippen molar-refractivity contribution in [3.8, 4) is 22.3 Å². The summed E-state index contributed by atoms with van der Waals surface area (Å²) in [6.45, 7) is 4.71. The molecule has 218 valence electrons. The second-order valence-corrected chi connectivity index (χ2v) is 13.0. The fourth-order valence-electron chi connectivity index (χ4n) is 7.73. The zero-order valence-electron chi connectivity index (χ0n) is 26.0. The first kappa shape index (κ1) is 26.7. The van der Waals surface area contributed by atoms with Crippen molar-refractivity contribution in [2.45, 2.75) is 19.3 Å². The number of hydrogen-bond donors (Lipinski definition) is 0. The van der Waals surface area contributed by atoms with Gasteiger partial charge in [-0.15, -0.1) is 0 Å². The highest BCUT2D eigenvalue weighted by molar-refractivity contribution is 6.15. The lowest BCUT2D eigenvalue weighted by Gasteiger charge is -2.27. The second kappa shape index (κ2) is 10.2. The highest BCUT2D eigenvalue weighted by atomic mass is 15.1. The van der Waals surface area contributed by atoms with Crippen LogP contribution in [0, 0.1) is 0 Å². The number of nitrogens with zero attached hydrogens (tertiary/aromatic N) is 1. The lowest BCUT2D eigenvalue weighted by Crippen LogP contribution is -2.14. The molecule has 1 aliphatic carbocycles. The summed E-state index contributed by atoms with van der Waals surface area (Å²) in [7, 11) is 0. The molecule has 1 aliphatic rings. The van der Waals surface area contributed by atoms with Gasteiger partial charge >= 0.3 is 0 Å². The Morgan fingerprint density at radius 1 is 0.413 bits per heavy atom. The molecule has 0 bridgehead atoms. The molecular formula is C45H33N. The predicted octanol–water partition coefficient (Wildman–Crippen LogP) is 12.6. The normalized spacial score (nSPS) is 13.2. The van der Waals surface area contributed by atoms with Crippen LogP contribution in [0.1, 0.15) is 25.0 Å². The standard InChI is InChI=1S/C45H33N/c1-45(2)41-17-9-8-16-39(41)44-38-26-22-33-21-25-35(29-40(33)37(38)27-28-42(44)45)46(43-18-10-14-32-13-6-7-15-36(32)43)34-23-19-31(20-24-34)30-11-4-3-5-12-30/h3-29H,1-2H3. The number of benzene rings is 8. The topological polar surface area (TPSA) is 3.24 Å². The Kier molecular flexibility index (Phi) is 5.92. The lowest BCUT2D eigenvalue weighted by atomic mass is 9.82. The maximum Gasteiger partial charge on any atom is 0.0540 e. The van der Waals surface area contributed by atoms with E-state index in [2.05, 4.69) is 183 Å². The molecule has 8 aromatic rings. The van der Waals surface area contributed by atoms with Crippen LogP contribution < -0.4 is 4.90 Å². The van der Waals surface area contributed by atoms with Crippen molar-refractivity contribution in [2.24, 2.45) is 0 Å². The molecule has 0 spiro atoms. The van der Waals surface area contributed by atoms with Gasteiger partial charge < -0.3 is 4.90 Å². The maximum absolute atomic E-state index is 2.42. The van der Waals surface area contributed by atoms with Gasteiger partial charge in [-0.25, -0.2) is 0 Å². The van der Waals surface area contributed by atoms with Crippen LogP contribution >= 0.6 is 0 Å². The smallest absolute Gasteiger partial charge is 0.0540 e. The van der Waals surface area contributed by atoms with E-state index in [9.17, 15) is 0 Å². The second-order valence-electron chi connectivity index (χ2n) is 13.0. The van der Waals surface area contributed by atoms with Crippen molar-refractivity contribution in [1.82, 2.24) is 0 Å². The zero-order chi connectivity index (χ0) is 30.8. The number of rotatable bonds is 4. The first-order valence-electron chi connectivity index (χ1n) is 16.1. The molecule has 0 aromatic heterocycles. The van der Waals surface area contributed by atoms with Crippen molar-refractivity contribution < 1.29 is 0 Å². The summed E-state index contributed by atoms with van der Waals surface area (Å²) >= 11 is 0. The van der Waals surface area contributed by atoms with Gasteiger partial charge in [-0.2, -0.15) is 0 Å². The Balaban J connectivity index is 1.27. The van der Waals surface area contributed by atoms with Crippen LogP contribution in [0.3, 0.4) is 0 Å². The highest BCUT2D eigenvalue weighted by Gasteiger charge is 2.36. The molecule has 1 nitrogen and oxygen atoms in total. The highest BCUT2D eigenvalue weighted by Crippen LogP contribution is 2.52. The molecule has 1 heteroatoms. The van der Waals surface area contributed by atoms with E-state index in [1.807, 2.05) is 0 Å². The van der Waals surface area contributed by atoms with E-state index in [-0.39, 0.29) is 5.41 Å². The van der Waals surface area contributed by atoms with Crippen LogP contribution in [-0.2, 0) is 5.41 Å². The molecule has 0 amide bonds. The van der Waals surface area contributed by atoms with Gasteiger partial charge in [-0.05, 0) is 90.6 Å². The van der Waals surface area contributed by atoms with Gasteiger partial charge in [0, 0.05) is 22.2 Å². The molecule has 0 unspecified atom stereocenters. The quantitative estimate of drug-likeness (QED) is 0.185. The molecule has 0 radical (unpaired) electrons. The van der Waals surface area contributed by atoms with E-state index >= 15 is 0 Å². The van der Waals surface area contributed by atoms with Crippen LogP contribution in [0.5, 0.6) is 0 Å². The van der Waals surface area contributed by atoms with Crippen molar-refractivity contribution in [2.75, 3.05) is 4.90 Å². The van der Waals surface area contributed by atoms with Crippen molar-refractivity contribution in [3.63, 3.8) is 0 Å². The molecule has 0 atom stereocenters. The van der Waals surface area contributed by atoms with Gasteiger partial charge in [0.2, 0.25) is 0 Å². The molecule has 46 heavy (non-hydrogen) atoms. The fourth-order valence-corrected chi connectivity index (χ4v) is 7.73. The minimum atomic E-state index is -0.0198. The first-order valence-corrected chi connectivity index (χ1v) is 16.1. The van der Waals surface area contributed by atoms with Crippen LogP contribution in [0.2, 0.25) is 0 Å². The zero-order valence-corrected chi connectivity index (χ0v) is 26.0. The average Bonchev–Trinajstić information content (AvgIpc) is 3.35. The van der Waals surface area contributed by atoms with Gasteiger partial charge in [0.15, 0.2) is 0 Å². The number of fused-ring (bicyclic) bond motifs is 8. The van der Waals surface area contributed by atoms with Gasteiger partial charge in [0.1, 0.15) is 0 Å². The summed E-state index contributed by atoms with van der Waals surface area (Å²) in [6.07, 6.45) is 0. The van der Waals surface area contributed by atoms with Gasteiger partial charge in [0.05, 0.1) is 5.69 Å².